The van der Waals surface area contributed by atoms with Gasteiger partial charge in [0.2, 0.25) is 0 Å². The van der Waals surface area contributed by atoms with Gasteiger partial charge in [-0.2, -0.15) is 0 Å². The van der Waals surface area contributed by atoms with E-state index < -0.39 is 5.67 Å². The second-order valence-corrected chi connectivity index (χ2v) is 10.3. The Morgan fingerprint density at radius 3 is 1.88 bits per heavy atom. The van der Waals surface area contributed by atoms with E-state index in [9.17, 15) is 0 Å². The van der Waals surface area contributed by atoms with Gasteiger partial charge in [0.1, 0.15) is 5.67 Å². The summed E-state index contributed by atoms with van der Waals surface area (Å²) in [4.78, 5) is 7.56. The Morgan fingerprint density at radius 2 is 1.35 bits per heavy atom. The summed E-state index contributed by atoms with van der Waals surface area (Å²) >= 11 is 0. The quantitative estimate of drug-likeness (QED) is 0.680. The monoisotopic (exact) mass is 365 g/mol. The highest BCUT2D eigenvalue weighted by atomic mass is 19.1. The smallest absolute Gasteiger partial charge is 0.126 e. The molecule has 4 fully saturated rings. The van der Waals surface area contributed by atoms with Crippen molar-refractivity contribution >= 4 is 0 Å². The van der Waals surface area contributed by atoms with Crippen LogP contribution in [0.5, 0.6) is 0 Å². The minimum atomic E-state index is -0.924. The molecule has 3 nitrogen and oxygen atoms in total. The molecule has 4 rings (SSSR count). The highest BCUT2D eigenvalue weighted by molar-refractivity contribution is 5.03. The first kappa shape index (κ1) is 19.1. The molecule has 0 aromatic rings. The number of likely N-dealkylation sites (tertiary alicyclic amines) is 3. The van der Waals surface area contributed by atoms with Crippen molar-refractivity contribution in [1.82, 2.24) is 14.7 Å². The first-order valence-electron chi connectivity index (χ1n) is 11.3. The minimum Gasteiger partial charge on any atom is -0.303 e. The third-order valence-corrected chi connectivity index (χ3v) is 8.04. The maximum atomic E-state index is 15.2. The van der Waals surface area contributed by atoms with Crippen molar-refractivity contribution in [2.75, 3.05) is 58.9 Å². The van der Waals surface area contributed by atoms with Crippen molar-refractivity contribution in [2.45, 2.75) is 70.9 Å². The predicted molar refractivity (Wildman–Crippen MR) is 106 cm³/mol. The van der Waals surface area contributed by atoms with E-state index in [-0.39, 0.29) is 0 Å². The van der Waals surface area contributed by atoms with Gasteiger partial charge in [0.25, 0.3) is 0 Å². The Morgan fingerprint density at radius 1 is 0.731 bits per heavy atom. The lowest BCUT2D eigenvalue weighted by Crippen LogP contribution is -2.63. The summed E-state index contributed by atoms with van der Waals surface area (Å²) in [5.74, 6) is 0. The van der Waals surface area contributed by atoms with E-state index in [0.29, 0.717) is 17.4 Å². The maximum absolute atomic E-state index is 15.2. The van der Waals surface area contributed by atoms with Gasteiger partial charge in [-0.15, -0.1) is 0 Å². The van der Waals surface area contributed by atoms with E-state index in [1.807, 2.05) is 0 Å². The van der Waals surface area contributed by atoms with Gasteiger partial charge in [-0.25, -0.2) is 4.39 Å². The van der Waals surface area contributed by atoms with Gasteiger partial charge in [-0.1, -0.05) is 20.3 Å². The number of piperidine rings is 2. The molecule has 1 aliphatic carbocycles. The van der Waals surface area contributed by atoms with E-state index in [1.54, 1.807) is 0 Å². The third kappa shape index (κ3) is 4.12. The summed E-state index contributed by atoms with van der Waals surface area (Å²) < 4.78 is 15.2. The number of rotatable bonds is 7. The maximum Gasteiger partial charge on any atom is 0.126 e. The number of hydrogen-bond acceptors (Lipinski definition) is 3. The molecular weight excluding hydrogens is 325 g/mol. The summed E-state index contributed by atoms with van der Waals surface area (Å²) in [5, 5.41) is 0. The van der Waals surface area contributed by atoms with Crippen LogP contribution in [0, 0.1) is 10.8 Å². The first-order valence-corrected chi connectivity index (χ1v) is 11.3. The Hall–Kier alpha value is -0.190. The molecule has 0 amide bonds. The molecule has 0 aromatic heterocycles. The lowest BCUT2D eigenvalue weighted by Gasteiger charge is -2.56. The molecule has 3 aliphatic heterocycles. The van der Waals surface area contributed by atoms with Crippen LogP contribution in [0.2, 0.25) is 0 Å². The van der Waals surface area contributed by atoms with E-state index in [2.05, 4.69) is 28.5 Å². The van der Waals surface area contributed by atoms with E-state index in [4.69, 9.17) is 0 Å². The Bertz CT molecular complexity index is 466. The normalized spacial score (nSPS) is 31.0. The van der Waals surface area contributed by atoms with Crippen LogP contribution in [0.3, 0.4) is 0 Å². The molecule has 1 spiro atoms. The molecular formula is C22H40FN3. The summed E-state index contributed by atoms with van der Waals surface area (Å²) in [5.41, 5.74) is 0.295. The molecule has 1 saturated carbocycles. The van der Waals surface area contributed by atoms with Crippen LogP contribution < -0.4 is 0 Å². The van der Waals surface area contributed by atoms with Crippen LogP contribution in [-0.2, 0) is 0 Å². The Labute approximate surface area is 160 Å². The van der Waals surface area contributed by atoms with Crippen molar-refractivity contribution in [3.8, 4) is 0 Å². The van der Waals surface area contributed by atoms with Gasteiger partial charge in [0.15, 0.2) is 0 Å². The summed E-state index contributed by atoms with van der Waals surface area (Å²) in [6.45, 7) is 14.4. The molecule has 0 unspecified atom stereocenters. The van der Waals surface area contributed by atoms with E-state index in [0.717, 1.165) is 45.6 Å². The van der Waals surface area contributed by atoms with E-state index in [1.165, 1.54) is 58.2 Å². The largest absolute Gasteiger partial charge is 0.303 e. The van der Waals surface area contributed by atoms with Gasteiger partial charge < -0.3 is 9.80 Å². The molecule has 0 N–H and O–H groups in total. The van der Waals surface area contributed by atoms with Gasteiger partial charge in [-0.3, -0.25) is 4.90 Å². The van der Waals surface area contributed by atoms with Crippen LogP contribution in [0.4, 0.5) is 4.39 Å². The second-order valence-electron chi connectivity index (χ2n) is 10.3. The SMILES string of the molecule is CCCC1(CN2CCC3(CC2)CN(CC2(F)CCN(CC)CC2)C3)CC1. The van der Waals surface area contributed by atoms with Crippen LogP contribution >= 0.6 is 0 Å². The number of nitrogens with zero attached hydrogens (tertiary/aromatic N) is 3. The molecule has 4 heteroatoms. The molecule has 4 aliphatic rings. The highest BCUT2D eigenvalue weighted by Crippen LogP contribution is 2.51. The standard InChI is InChI=1S/C22H40FN3/c1-3-5-20(6-7-20)16-25-12-8-21(9-13-25)17-26(18-21)19-22(23)10-14-24(4-2)15-11-22/h3-19H2,1-2H3. The van der Waals surface area contributed by atoms with Gasteiger partial charge in [0.05, 0.1) is 0 Å². The summed E-state index contributed by atoms with van der Waals surface area (Å²) in [7, 11) is 0. The molecule has 26 heavy (non-hydrogen) atoms. The number of halogens is 1. The van der Waals surface area contributed by atoms with Crippen LogP contribution in [0.1, 0.15) is 65.2 Å². The zero-order valence-electron chi connectivity index (χ0n) is 17.2. The van der Waals surface area contributed by atoms with Gasteiger partial charge in [-0.05, 0) is 75.4 Å². The zero-order valence-corrected chi connectivity index (χ0v) is 17.2. The van der Waals surface area contributed by atoms with Crippen LogP contribution in [0.25, 0.3) is 0 Å². The fourth-order valence-electron chi connectivity index (χ4n) is 6.01. The fraction of sp³-hybridized carbons (Fsp3) is 1.00. The Kier molecular flexibility index (Phi) is 5.39. The van der Waals surface area contributed by atoms with Crippen molar-refractivity contribution < 1.29 is 4.39 Å². The molecule has 0 bridgehead atoms. The predicted octanol–water partition coefficient (Wildman–Crippen LogP) is 3.79. The molecule has 3 heterocycles. The van der Waals surface area contributed by atoms with Gasteiger partial charge in [0, 0.05) is 39.3 Å². The van der Waals surface area contributed by atoms with Crippen LogP contribution in [0.15, 0.2) is 0 Å². The topological polar surface area (TPSA) is 9.72 Å². The zero-order chi connectivity index (χ0) is 18.3. The van der Waals surface area contributed by atoms with Crippen LogP contribution in [-0.4, -0.2) is 79.3 Å². The highest BCUT2D eigenvalue weighted by Gasteiger charge is 2.49. The molecule has 0 atom stereocenters. The fourth-order valence-corrected chi connectivity index (χ4v) is 6.01. The Balaban J connectivity index is 1.18. The summed E-state index contributed by atoms with van der Waals surface area (Å²) in [6, 6.07) is 0. The second kappa shape index (κ2) is 7.33. The number of alkyl halides is 1. The molecule has 3 saturated heterocycles. The van der Waals surface area contributed by atoms with Crippen molar-refractivity contribution in [1.29, 1.82) is 0 Å². The average Bonchev–Trinajstić information content (AvgIpc) is 3.35. The average molecular weight is 366 g/mol. The van der Waals surface area contributed by atoms with Gasteiger partial charge >= 0.3 is 0 Å². The lowest BCUT2D eigenvalue weighted by atomic mass is 9.71. The minimum absolute atomic E-state index is 0.526. The molecule has 150 valence electrons. The number of hydrogen-bond donors (Lipinski definition) is 0. The lowest BCUT2D eigenvalue weighted by molar-refractivity contribution is -0.0820. The molecule has 0 aromatic carbocycles. The van der Waals surface area contributed by atoms with Crippen molar-refractivity contribution in [2.24, 2.45) is 10.8 Å². The molecule has 0 radical (unpaired) electrons. The third-order valence-electron chi connectivity index (χ3n) is 8.04. The van der Waals surface area contributed by atoms with E-state index >= 15 is 4.39 Å². The van der Waals surface area contributed by atoms with Crippen molar-refractivity contribution in [3.05, 3.63) is 0 Å². The van der Waals surface area contributed by atoms with Crippen molar-refractivity contribution in [3.63, 3.8) is 0 Å². The summed E-state index contributed by atoms with van der Waals surface area (Å²) in [6.07, 6.45) is 9.84. The first-order chi connectivity index (χ1) is 12.5.